The van der Waals surface area contributed by atoms with E-state index in [1.54, 1.807) is 11.5 Å². The minimum Gasteiger partial charge on any atom is -0.465 e. The van der Waals surface area contributed by atoms with E-state index in [1.165, 1.54) is 0 Å². The number of para-hydroxylation sites is 2. The van der Waals surface area contributed by atoms with Crippen LogP contribution in [0.25, 0.3) is 11.0 Å². The summed E-state index contributed by atoms with van der Waals surface area (Å²) in [7, 11) is 0. The van der Waals surface area contributed by atoms with Crippen molar-refractivity contribution in [3.8, 4) is 0 Å². The Morgan fingerprint density at radius 3 is 2.32 bits per heavy atom. The predicted molar refractivity (Wildman–Crippen MR) is 103 cm³/mol. The van der Waals surface area contributed by atoms with E-state index in [9.17, 15) is 4.79 Å². The molecule has 1 N–H and O–H groups in total. The van der Waals surface area contributed by atoms with E-state index in [4.69, 9.17) is 21.7 Å². The molecule has 3 aromatic rings. The molecule has 132 valence electrons. The predicted octanol–water partition coefficient (Wildman–Crippen LogP) is 3.76. The zero-order chi connectivity index (χ0) is 17.1. The molecule has 0 saturated heterocycles. The lowest BCUT2D eigenvalue weighted by atomic mass is 10.2. The van der Waals surface area contributed by atoms with Gasteiger partial charge in [-0.15, -0.1) is 17.0 Å². The summed E-state index contributed by atoms with van der Waals surface area (Å²) in [5, 5.41) is 9.15. The van der Waals surface area contributed by atoms with Gasteiger partial charge in [-0.25, -0.2) is 0 Å². The van der Waals surface area contributed by atoms with Gasteiger partial charge in [-0.05, 0) is 30.7 Å². The van der Waals surface area contributed by atoms with Crippen LogP contribution in [0.2, 0.25) is 5.02 Å². The SMILES string of the molecule is Br.CCOC(=O)Cn1c(=N)n(Cc2ccccc2Cl)c2ccccc21. The highest BCUT2D eigenvalue weighted by atomic mass is 79.9. The standard InChI is InChI=1S/C18H18ClN3O2.BrH/c1-2-24-17(23)12-22-16-10-6-5-9-15(16)21(18(22)20)11-13-7-3-4-8-14(13)19;/h3-10,20H,2,11-12H2,1H3;1H. The number of nitrogens with zero attached hydrogens (tertiary/aromatic N) is 2. The van der Waals surface area contributed by atoms with Gasteiger partial charge in [0.2, 0.25) is 5.62 Å². The van der Waals surface area contributed by atoms with E-state index in [-0.39, 0.29) is 35.1 Å². The van der Waals surface area contributed by atoms with E-state index >= 15 is 0 Å². The molecule has 0 spiro atoms. The van der Waals surface area contributed by atoms with Crippen LogP contribution in [0.5, 0.6) is 0 Å². The highest BCUT2D eigenvalue weighted by Crippen LogP contribution is 2.19. The van der Waals surface area contributed by atoms with Gasteiger partial charge in [0.1, 0.15) is 6.54 Å². The Morgan fingerprint density at radius 1 is 1.08 bits per heavy atom. The third-order valence-electron chi connectivity index (χ3n) is 3.85. The molecule has 0 atom stereocenters. The maximum atomic E-state index is 11.9. The van der Waals surface area contributed by atoms with Crippen molar-refractivity contribution in [2.75, 3.05) is 6.61 Å². The van der Waals surface area contributed by atoms with Crippen LogP contribution in [0.4, 0.5) is 0 Å². The lowest BCUT2D eigenvalue weighted by Gasteiger charge is -2.07. The van der Waals surface area contributed by atoms with Crippen molar-refractivity contribution in [2.45, 2.75) is 20.0 Å². The number of aromatic nitrogens is 2. The molecule has 0 aliphatic heterocycles. The highest BCUT2D eigenvalue weighted by Gasteiger charge is 2.14. The number of hydrogen-bond acceptors (Lipinski definition) is 3. The molecule has 0 amide bonds. The zero-order valence-electron chi connectivity index (χ0n) is 13.7. The summed E-state index contributed by atoms with van der Waals surface area (Å²) >= 11 is 6.25. The van der Waals surface area contributed by atoms with Gasteiger partial charge in [0.25, 0.3) is 0 Å². The molecule has 0 radical (unpaired) electrons. The van der Waals surface area contributed by atoms with Crippen LogP contribution in [-0.2, 0) is 22.6 Å². The molecule has 0 aliphatic carbocycles. The summed E-state index contributed by atoms with van der Waals surface area (Å²) in [6, 6.07) is 15.2. The van der Waals surface area contributed by atoms with Gasteiger partial charge in [-0.1, -0.05) is 41.9 Å². The molecule has 0 fully saturated rings. The normalized spacial score (nSPS) is 10.5. The fourth-order valence-corrected chi connectivity index (χ4v) is 2.94. The van der Waals surface area contributed by atoms with Crippen molar-refractivity contribution >= 4 is 45.6 Å². The number of fused-ring (bicyclic) bond motifs is 1. The zero-order valence-corrected chi connectivity index (χ0v) is 16.2. The van der Waals surface area contributed by atoms with E-state index in [2.05, 4.69) is 0 Å². The number of hydrogen-bond donors (Lipinski definition) is 1. The maximum Gasteiger partial charge on any atom is 0.326 e. The lowest BCUT2D eigenvalue weighted by Crippen LogP contribution is -2.28. The van der Waals surface area contributed by atoms with E-state index in [0.717, 1.165) is 16.6 Å². The number of carbonyl (C=O) groups is 1. The molecule has 25 heavy (non-hydrogen) atoms. The number of nitrogens with one attached hydrogen (secondary N) is 1. The van der Waals surface area contributed by atoms with E-state index in [1.807, 2.05) is 53.1 Å². The summed E-state index contributed by atoms with van der Waals surface area (Å²) in [5.74, 6) is -0.350. The Morgan fingerprint density at radius 2 is 1.68 bits per heavy atom. The van der Waals surface area contributed by atoms with Crippen molar-refractivity contribution < 1.29 is 9.53 Å². The van der Waals surface area contributed by atoms with Crippen LogP contribution in [0.3, 0.4) is 0 Å². The second kappa shape index (κ2) is 8.36. The van der Waals surface area contributed by atoms with Crippen LogP contribution in [-0.4, -0.2) is 21.7 Å². The Bertz CT molecular complexity index is 949. The number of ether oxygens (including phenoxy) is 1. The first-order valence-corrected chi connectivity index (χ1v) is 8.11. The quantitative estimate of drug-likeness (QED) is 0.634. The number of esters is 1. The molecule has 0 saturated carbocycles. The Kier molecular flexibility index (Phi) is 6.45. The minimum absolute atomic E-state index is 0. The fraction of sp³-hybridized carbons (Fsp3) is 0.222. The Balaban J connectivity index is 0.00000225. The molecule has 0 unspecified atom stereocenters. The van der Waals surface area contributed by atoms with E-state index in [0.29, 0.717) is 18.2 Å². The topological polar surface area (TPSA) is 60.0 Å². The van der Waals surface area contributed by atoms with Crippen molar-refractivity contribution in [1.29, 1.82) is 5.41 Å². The number of halogens is 2. The molecule has 0 bridgehead atoms. The third-order valence-corrected chi connectivity index (χ3v) is 4.22. The molecule has 3 rings (SSSR count). The average molecular weight is 425 g/mol. The minimum atomic E-state index is -0.350. The van der Waals surface area contributed by atoms with Gasteiger partial charge in [0.15, 0.2) is 0 Å². The van der Waals surface area contributed by atoms with Gasteiger partial charge < -0.3 is 9.30 Å². The van der Waals surface area contributed by atoms with Crippen molar-refractivity contribution in [1.82, 2.24) is 9.13 Å². The molecule has 1 heterocycles. The largest absolute Gasteiger partial charge is 0.465 e. The second-order valence-corrected chi connectivity index (χ2v) is 5.79. The molecule has 5 nitrogen and oxygen atoms in total. The van der Waals surface area contributed by atoms with Crippen molar-refractivity contribution in [2.24, 2.45) is 0 Å². The monoisotopic (exact) mass is 423 g/mol. The van der Waals surface area contributed by atoms with Crippen LogP contribution >= 0.6 is 28.6 Å². The maximum absolute atomic E-state index is 11.9. The molecule has 1 aromatic heterocycles. The second-order valence-electron chi connectivity index (χ2n) is 5.38. The van der Waals surface area contributed by atoms with Crippen molar-refractivity contribution in [3.05, 3.63) is 64.7 Å². The summed E-state index contributed by atoms with van der Waals surface area (Å²) in [5.41, 5.74) is 2.87. The number of imidazole rings is 1. The number of rotatable bonds is 5. The fourth-order valence-electron chi connectivity index (χ4n) is 2.75. The summed E-state index contributed by atoms with van der Waals surface area (Å²) < 4.78 is 8.52. The molecule has 0 aliphatic rings. The van der Waals surface area contributed by atoms with Gasteiger partial charge in [0.05, 0.1) is 24.2 Å². The Hall–Kier alpha value is -2.05. The van der Waals surface area contributed by atoms with Gasteiger partial charge >= 0.3 is 5.97 Å². The van der Waals surface area contributed by atoms with Crippen LogP contribution in [0, 0.1) is 5.41 Å². The van der Waals surface area contributed by atoms with E-state index < -0.39 is 0 Å². The summed E-state index contributed by atoms with van der Waals surface area (Å²) in [4.78, 5) is 11.9. The Labute approximate surface area is 161 Å². The average Bonchev–Trinajstić information content (AvgIpc) is 2.83. The molecular formula is C18H19BrClN3O2. The first-order chi connectivity index (χ1) is 11.6. The van der Waals surface area contributed by atoms with Crippen LogP contribution in [0.15, 0.2) is 48.5 Å². The smallest absolute Gasteiger partial charge is 0.326 e. The van der Waals surface area contributed by atoms with Gasteiger partial charge in [0, 0.05) is 5.02 Å². The highest BCUT2D eigenvalue weighted by molar-refractivity contribution is 8.93. The first kappa shape index (κ1) is 19.3. The molecule has 7 heteroatoms. The third kappa shape index (κ3) is 3.96. The van der Waals surface area contributed by atoms with Crippen LogP contribution < -0.4 is 5.62 Å². The van der Waals surface area contributed by atoms with Gasteiger partial charge in [-0.2, -0.15) is 0 Å². The number of carbonyl (C=O) groups excluding carboxylic acids is 1. The number of benzene rings is 2. The molecular weight excluding hydrogens is 406 g/mol. The lowest BCUT2D eigenvalue weighted by molar-refractivity contribution is -0.143. The molecule has 2 aromatic carbocycles. The first-order valence-electron chi connectivity index (χ1n) is 7.73. The van der Waals surface area contributed by atoms with Gasteiger partial charge in [-0.3, -0.25) is 14.8 Å². The van der Waals surface area contributed by atoms with Crippen molar-refractivity contribution in [3.63, 3.8) is 0 Å². The summed E-state index contributed by atoms with van der Waals surface area (Å²) in [6.45, 7) is 2.58. The summed E-state index contributed by atoms with van der Waals surface area (Å²) in [6.07, 6.45) is 0. The van der Waals surface area contributed by atoms with Crippen LogP contribution in [0.1, 0.15) is 12.5 Å².